The van der Waals surface area contributed by atoms with Gasteiger partial charge in [-0.3, -0.25) is 10.3 Å². The predicted molar refractivity (Wildman–Crippen MR) is 111 cm³/mol. The van der Waals surface area contributed by atoms with Gasteiger partial charge in [0, 0.05) is 24.8 Å². The van der Waals surface area contributed by atoms with Crippen molar-refractivity contribution >= 4 is 39.0 Å². The molecule has 0 aliphatic carbocycles. The second kappa shape index (κ2) is 7.56. The summed E-state index contributed by atoms with van der Waals surface area (Å²) in [6, 6.07) is 12.0. The highest BCUT2D eigenvalue weighted by Gasteiger charge is 2.27. The van der Waals surface area contributed by atoms with E-state index >= 15 is 0 Å². The molecule has 1 saturated heterocycles. The number of amides is 1. The third kappa shape index (κ3) is 3.90. The highest BCUT2D eigenvalue weighted by Crippen LogP contribution is 2.32. The van der Waals surface area contributed by atoms with Gasteiger partial charge >= 0.3 is 6.09 Å². The smallest absolute Gasteiger partial charge is 0.411 e. The molecule has 27 heavy (non-hydrogen) atoms. The molecular formula is C21H23N3O2S. The van der Waals surface area contributed by atoms with Gasteiger partial charge in [0.05, 0.1) is 22.4 Å². The third-order valence-corrected chi connectivity index (χ3v) is 5.83. The summed E-state index contributed by atoms with van der Waals surface area (Å²) >= 11 is 1.70. The molecule has 3 aromatic rings. The van der Waals surface area contributed by atoms with Crippen molar-refractivity contribution in [3.63, 3.8) is 0 Å². The first-order chi connectivity index (χ1) is 13.1. The zero-order valence-corrected chi connectivity index (χ0v) is 16.3. The topological polar surface area (TPSA) is 54.5 Å². The summed E-state index contributed by atoms with van der Waals surface area (Å²) in [5.41, 5.74) is 4.20. The number of fused-ring (bicyclic) bond motifs is 1. The van der Waals surface area contributed by atoms with Crippen molar-refractivity contribution in [1.82, 2.24) is 4.98 Å². The number of thiophene rings is 1. The zero-order chi connectivity index (χ0) is 18.8. The van der Waals surface area contributed by atoms with Gasteiger partial charge < -0.3 is 9.64 Å². The molecule has 5 nitrogen and oxygen atoms in total. The predicted octanol–water partition coefficient (Wildman–Crippen LogP) is 5.25. The first-order valence-corrected chi connectivity index (χ1v) is 10.1. The van der Waals surface area contributed by atoms with Crippen LogP contribution >= 0.6 is 11.3 Å². The molecule has 1 atom stereocenters. The number of anilines is 2. The molecule has 0 radical (unpaired) electrons. The first kappa shape index (κ1) is 17.8. The van der Waals surface area contributed by atoms with E-state index in [1.807, 2.05) is 42.6 Å². The Morgan fingerprint density at radius 1 is 1.26 bits per heavy atom. The van der Waals surface area contributed by atoms with E-state index in [0.29, 0.717) is 12.5 Å². The molecule has 1 amide bonds. The number of hydrogen-bond acceptors (Lipinski definition) is 5. The molecule has 3 heterocycles. The Bertz CT molecular complexity index is 936. The number of carbonyl (C=O) groups excluding carboxylic acids is 1. The Labute approximate surface area is 163 Å². The van der Waals surface area contributed by atoms with Crippen LogP contribution in [-0.4, -0.2) is 30.3 Å². The van der Waals surface area contributed by atoms with Gasteiger partial charge in [-0.1, -0.05) is 26.0 Å². The van der Waals surface area contributed by atoms with Gasteiger partial charge in [0.1, 0.15) is 6.10 Å². The Morgan fingerprint density at radius 2 is 2.07 bits per heavy atom. The van der Waals surface area contributed by atoms with Gasteiger partial charge in [0.15, 0.2) is 0 Å². The van der Waals surface area contributed by atoms with Crippen molar-refractivity contribution in [1.29, 1.82) is 0 Å². The second-order valence-corrected chi connectivity index (χ2v) is 8.04. The molecular weight excluding hydrogens is 358 g/mol. The molecule has 2 aromatic heterocycles. The Morgan fingerprint density at radius 3 is 2.85 bits per heavy atom. The fourth-order valence-corrected chi connectivity index (χ4v) is 4.29. The minimum Gasteiger partial charge on any atom is -0.444 e. The van der Waals surface area contributed by atoms with E-state index < -0.39 is 6.09 Å². The van der Waals surface area contributed by atoms with Crippen LogP contribution < -0.4 is 10.2 Å². The van der Waals surface area contributed by atoms with E-state index in [2.05, 4.69) is 34.4 Å². The van der Waals surface area contributed by atoms with Gasteiger partial charge in [0.25, 0.3) is 0 Å². The number of benzene rings is 1. The van der Waals surface area contributed by atoms with Crippen LogP contribution in [0.15, 0.2) is 48.0 Å². The number of nitrogens with one attached hydrogen (secondary N) is 1. The lowest BCUT2D eigenvalue weighted by molar-refractivity contribution is 0.122. The van der Waals surface area contributed by atoms with Gasteiger partial charge in [-0.2, -0.15) is 0 Å². The lowest BCUT2D eigenvalue weighted by atomic mass is 10.0. The van der Waals surface area contributed by atoms with Crippen LogP contribution in [0.2, 0.25) is 0 Å². The summed E-state index contributed by atoms with van der Waals surface area (Å²) in [5.74, 6) is 0.471. The summed E-state index contributed by atoms with van der Waals surface area (Å²) < 4.78 is 6.82. The quantitative estimate of drug-likeness (QED) is 0.671. The average Bonchev–Trinajstić information content (AvgIpc) is 3.31. The maximum Gasteiger partial charge on any atom is 0.411 e. The minimum atomic E-state index is -0.393. The van der Waals surface area contributed by atoms with Crippen LogP contribution in [0.1, 0.15) is 31.7 Å². The summed E-state index contributed by atoms with van der Waals surface area (Å²) in [6.45, 7) is 5.87. The number of carbonyl (C=O) groups is 1. The lowest BCUT2D eigenvalue weighted by Gasteiger charge is -2.19. The van der Waals surface area contributed by atoms with E-state index in [0.717, 1.165) is 24.2 Å². The average molecular weight is 382 g/mol. The molecule has 0 spiro atoms. The largest absolute Gasteiger partial charge is 0.444 e. The van der Waals surface area contributed by atoms with Gasteiger partial charge in [0.2, 0.25) is 0 Å². The Hall–Kier alpha value is -2.60. The van der Waals surface area contributed by atoms with Gasteiger partial charge in [-0.25, -0.2) is 4.79 Å². The zero-order valence-electron chi connectivity index (χ0n) is 15.5. The number of aromatic nitrogens is 1. The van der Waals surface area contributed by atoms with Crippen LogP contribution in [-0.2, 0) is 4.74 Å². The number of rotatable bonds is 4. The van der Waals surface area contributed by atoms with E-state index in [-0.39, 0.29) is 6.10 Å². The van der Waals surface area contributed by atoms with E-state index in [9.17, 15) is 4.79 Å². The standard InChI is InChI=1S/C21H23N3O2S/c1-14(2)15-3-5-16(6-4-15)23-21(25)26-17-8-11-24(13-17)19-7-10-22-18-9-12-27-20(18)19/h3-7,9-10,12,14,17H,8,11,13H2,1-2H3,(H,23,25). The van der Waals surface area contributed by atoms with Crippen molar-refractivity contribution in [2.45, 2.75) is 32.3 Å². The van der Waals surface area contributed by atoms with Gasteiger partial charge in [-0.05, 0) is 41.1 Å². The van der Waals surface area contributed by atoms with E-state index in [4.69, 9.17) is 4.74 Å². The fourth-order valence-electron chi connectivity index (χ4n) is 3.40. The van der Waals surface area contributed by atoms with Crippen molar-refractivity contribution in [2.75, 3.05) is 23.3 Å². The summed E-state index contributed by atoms with van der Waals surface area (Å²) in [7, 11) is 0. The monoisotopic (exact) mass is 381 g/mol. The SMILES string of the molecule is CC(C)c1ccc(NC(=O)OC2CCN(c3ccnc4ccsc34)C2)cc1. The number of pyridine rings is 1. The Kier molecular flexibility index (Phi) is 4.99. The second-order valence-electron chi connectivity index (χ2n) is 7.13. The number of nitrogens with zero attached hydrogens (tertiary/aromatic N) is 2. The van der Waals surface area contributed by atoms with Crippen molar-refractivity contribution < 1.29 is 9.53 Å². The van der Waals surface area contributed by atoms with Crippen LogP contribution in [0, 0.1) is 0 Å². The third-order valence-electron chi connectivity index (χ3n) is 4.91. The highest BCUT2D eigenvalue weighted by atomic mass is 32.1. The van der Waals surface area contributed by atoms with Crippen molar-refractivity contribution in [3.8, 4) is 0 Å². The summed E-state index contributed by atoms with van der Waals surface area (Å²) in [6.07, 6.45) is 2.17. The van der Waals surface area contributed by atoms with E-state index in [1.165, 1.54) is 16.0 Å². The molecule has 0 bridgehead atoms. The normalized spacial score (nSPS) is 16.9. The molecule has 4 rings (SSSR count). The van der Waals surface area contributed by atoms with Crippen molar-refractivity contribution in [3.05, 3.63) is 53.5 Å². The Balaban J connectivity index is 1.35. The minimum absolute atomic E-state index is 0.108. The molecule has 1 aliphatic rings. The molecule has 1 fully saturated rings. The molecule has 1 N–H and O–H groups in total. The molecule has 0 saturated carbocycles. The highest BCUT2D eigenvalue weighted by molar-refractivity contribution is 7.17. The number of hydrogen-bond donors (Lipinski definition) is 1. The van der Waals surface area contributed by atoms with Gasteiger partial charge in [-0.15, -0.1) is 11.3 Å². The molecule has 6 heteroatoms. The van der Waals surface area contributed by atoms with Crippen LogP contribution in [0.5, 0.6) is 0 Å². The molecule has 1 aliphatic heterocycles. The van der Waals surface area contributed by atoms with E-state index in [1.54, 1.807) is 11.3 Å². The molecule has 1 unspecified atom stereocenters. The molecule has 1 aromatic carbocycles. The van der Waals surface area contributed by atoms with Crippen molar-refractivity contribution in [2.24, 2.45) is 0 Å². The van der Waals surface area contributed by atoms with Crippen LogP contribution in [0.25, 0.3) is 10.2 Å². The fraction of sp³-hybridized carbons (Fsp3) is 0.333. The summed E-state index contributed by atoms with van der Waals surface area (Å²) in [5, 5.41) is 4.89. The molecule has 140 valence electrons. The summed E-state index contributed by atoms with van der Waals surface area (Å²) in [4.78, 5) is 18.9. The first-order valence-electron chi connectivity index (χ1n) is 9.25. The number of ether oxygens (including phenoxy) is 1. The maximum absolute atomic E-state index is 12.2. The van der Waals surface area contributed by atoms with Crippen LogP contribution in [0.4, 0.5) is 16.2 Å². The lowest BCUT2D eigenvalue weighted by Crippen LogP contribution is -2.26. The maximum atomic E-state index is 12.2. The van der Waals surface area contributed by atoms with Crippen LogP contribution in [0.3, 0.4) is 0 Å².